The number of fused-ring (bicyclic) bond motifs is 1. The average molecular weight is 303 g/mol. The van der Waals surface area contributed by atoms with E-state index in [9.17, 15) is 0 Å². The molecule has 0 saturated carbocycles. The Morgan fingerprint density at radius 1 is 1.18 bits per heavy atom. The minimum Gasteiger partial charge on any atom is -0.300 e. The van der Waals surface area contributed by atoms with Crippen molar-refractivity contribution in [1.29, 1.82) is 0 Å². The minimum atomic E-state index is 0.644. The van der Waals surface area contributed by atoms with Gasteiger partial charge in [-0.3, -0.25) is 4.98 Å². The van der Waals surface area contributed by atoms with Gasteiger partial charge in [-0.15, -0.1) is 0 Å². The van der Waals surface area contributed by atoms with E-state index in [4.69, 9.17) is 4.98 Å². The Labute approximate surface area is 137 Å². The second kappa shape index (κ2) is 8.67. The van der Waals surface area contributed by atoms with Crippen LogP contribution < -0.4 is 0 Å². The lowest BCUT2D eigenvalue weighted by atomic mass is 9.97. The van der Waals surface area contributed by atoms with E-state index in [0.717, 1.165) is 6.04 Å². The number of likely N-dealkylation sites (tertiary alicyclic amines) is 1. The Morgan fingerprint density at radius 3 is 2.55 bits per heavy atom. The van der Waals surface area contributed by atoms with Crippen LogP contribution in [0.3, 0.4) is 0 Å². The maximum atomic E-state index is 4.79. The number of aromatic nitrogens is 1. The van der Waals surface area contributed by atoms with Crippen molar-refractivity contribution in [2.24, 2.45) is 0 Å². The van der Waals surface area contributed by atoms with E-state index in [1.54, 1.807) is 0 Å². The maximum Gasteiger partial charge on any atom is 0.0436 e. The fourth-order valence-corrected chi connectivity index (χ4v) is 3.75. The standard InChI is InChI=1S/C18H28N2.C2H6/c1-3-14(2)16-12-15-6-7-17(20-10-4-5-11-20)8-9-18(15)19-13-16;1-2/h12-14,17H,3-11H2,1-2H3;1-2H3. The molecule has 0 N–H and O–H groups in total. The quantitative estimate of drug-likeness (QED) is 0.733. The average Bonchev–Trinajstić information content (AvgIpc) is 3.03. The zero-order valence-electron chi connectivity index (χ0n) is 15.1. The van der Waals surface area contributed by atoms with Crippen molar-refractivity contribution in [3.63, 3.8) is 0 Å². The number of hydrogen-bond acceptors (Lipinski definition) is 2. The Hall–Kier alpha value is -0.890. The van der Waals surface area contributed by atoms with Crippen LogP contribution in [0.1, 0.15) is 82.5 Å². The van der Waals surface area contributed by atoms with Gasteiger partial charge in [-0.05, 0) is 75.1 Å². The first-order chi connectivity index (χ1) is 10.8. The van der Waals surface area contributed by atoms with Crippen LogP contribution in [0.25, 0.3) is 0 Å². The fraction of sp³-hybridized carbons (Fsp3) is 0.750. The van der Waals surface area contributed by atoms with Crippen LogP contribution in [0.15, 0.2) is 12.3 Å². The van der Waals surface area contributed by atoms with Crippen LogP contribution >= 0.6 is 0 Å². The van der Waals surface area contributed by atoms with Crippen LogP contribution in [0.2, 0.25) is 0 Å². The largest absolute Gasteiger partial charge is 0.300 e. The third-order valence-corrected chi connectivity index (χ3v) is 5.38. The lowest BCUT2D eigenvalue weighted by Gasteiger charge is -2.25. The summed E-state index contributed by atoms with van der Waals surface area (Å²) in [4.78, 5) is 7.51. The monoisotopic (exact) mass is 302 g/mol. The first-order valence-electron chi connectivity index (χ1n) is 9.49. The number of hydrogen-bond donors (Lipinski definition) is 0. The van der Waals surface area contributed by atoms with E-state index in [2.05, 4.69) is 31.0 Å². The molecule has 2 nitrogen and oxygen atoms in total. The Bertz CT molecular complexity index is 449. The van der Waals surface area contributed by atoms with Gasteiger partial charge in [0, 0.05) is 17.9 Å². The first kappa shape index (κ1) is 17.5. The summed E-state index contributed by atoms with van der Waals surface area (Å²) >= 11 is 0. The number of rotatable bonds is 3. The van der Waals surface area contributed by atoms with E-state index in [-0.39, 0.29) is 0 Å². The fourth-order valence-electron chi connectivity index (χ4n) is 3.75. The summed E-state index contributed by atoms with van der Waals surface area (Å²) in [6, 6.07) is 3.25. The third kappa shape index (κ3) is 4.10. The SMILES string of the molecule is CC.CCC(C)c1cnc2c(c1)CCC(N1CCCC1)CC2. The number of pyridine rings is 1. The molecule has 0 bridgehead atoms. The topological polar surface area (TPSA) is 16.1 Å². The molecule has 0 aromatic carbocycles. The van der Waals surface area contributed by atoms with Crippen molar-refractivity contribution < 1.29 is 0 Å². The highest BCUT2D eigenvalue weighted by molar-refractivity contribution is 5.29. The molecule has 3 rings (SSSR count). The Morgan fingerprint density at radius 2 is 1.86 bits per heavy atom. The third-order valence-electron chi connectivity index (χ3n) is 5.38. The first-order valence-corrected chi connectivity index (χ1v) is 9.49. The zero-order chi connectivity index (χ0) is 15.9. The molecule has 2 atom stereocenters. The van der Waals surface area contributed by atoms with Crippen molar-refractivity contribution >= 4 is 0 Å². The summed E-state index contributed by atoms with van der Waals surface area (Å²) in [7, 11) is 0. The van der Waals surface area contributed by atoms with Gasteiger partial charge < -0.3 is 4.90 Å². The summed E-state index contributed by atoms with van der Waals surface area (Å²) in [6.45, 7) is 11.2. The summed E-state index contributed by atoms with van der Waals surface area (Å²) in [5.74, 6) is 0.644. The van der Waals surface area contributed by atoms with Gasteiger partial charge in [0.1, 0.15) is 0 Å². The summed E-state index contributed by atoms with van der Waals surface area (Å²) in [5.41, 5.74) is 4.34. The van der Waals surface area contributed by atoms with Crippen molar-refractivity contribution in [2.75, 3.05) is 13.1 Å². The van der Waals surface area contributed by atoms with Crippen molar-refractivity contribution in [3.05, 3.63) is 29.1 Å². The van der Waals surface area contributed by atoms with Gasteiger partial charge in [0.15, 0.2) is 0 Å². The molecule has 124 valence electrons. The summed E-state index contributed by atoms with van der Waals surface area (Å²) in [6.07, 6.45) is 11.2. The lowest BCUT2D eigenvalue weighted by Crippen LogP contribution is -2.32. The Kier molecular flexibility index (Phi) is 6.88. The molecule has 2 unspecified atom stereocenters. The van der Waals surface area contributed by atoms with Gasteiger partial charge in [-0.2, -0.15) is 0 Å². The molecule has 0 amide bonds. The van der Waals surface area contributed by atoms with Crippen molar-refractivity contribution in [3.8, 4) is 0 Å². The highest BCUT2D eigenvalue weighted by Gasteiger charge is 2.25. The second-order valence-electron chi connectivity index (χ2n) is 6.66. The van der Waals surface area contributed by atoms with Crippen molar-refractivity contribution in [2.45, 2.75) is 84.6 Å². The normalized spacial score (nSPS) is 23.2. The van der Waals surface area contributed by atoms with Crippen LogP contribution in [0.5, 0.6) is 0 Å². The van der Waals surface area contributed by atoms with Crippen LogP contribution in [-0.2, 0) is 12.8 Å². The number of aryl methyl sites for hydroxylation is 2. The molecule has 1 aromatic rings. The molecule has 1 saturated heterocycles. The van der Waals surface area contributed by atoms with Crippen LogP contribution in [-0.4, -0.2) is 29.0 Å². The highest BCUT2D eigenvalue weighted by Crippen LogP contribution is 2.27. The molecule has 0 spiro atoms. The van der Waals surface area contributed by atoms with Gasteiger partial charge >= 0.3 is 0 Å². The summed E-state index contributed by atoms with van der Waals surface area (Å²) in [5, 5.41) is 0. The summed E-state index contributed by atoms with van der Waals surface area (Å²) < 4.78 is 0. The van der Waals surface area contributed by atoms with Gasteiger partial charge in [0.25, 0.3) is 0 Å². The molecular weight excluding hydrogens is 268 g/mol. The maximum absolute atomic E-state index is 4.79. The lowest BCUT2D eigenvalue weighted by molar-refractivity contribution is 0.222. The van der Waals surface area contributed by atoms with E-state index >= 15 is 0 Å². The number of nitrogens with zero attached hydrogens (tertiary/aromatic N) is 2. The molecule has 22 heavy (non-hydrogen) atoms. The molecular formula is C20H34N2. The van der Waals surface area contributed by atoms with E-state index in [1.807, 2.05) is 13.8 Å². The molecule has 1 aliphatic carbocycles. The molecule has 0 radical (unpaired) electrons. The Balaban J connectivity index is 0.000000847. The van der Waals surface area contributed by atoms with Crippen LogP contribution in [0.4, 0.5) is 0 Å². The van der Waals surface area contributed by atoms with Gasteiger partial charge in [-0.25, -0.2) is 0 Å². The predicted octanol–water partition coefficient (Wildman–Crippen LogP) is 4.96. The highest BCUT2D eigenvalue weighted by atomic mass is 15.2. The molecule has 2 aliphatic rings. The van der Waals surface area contributed by atoms with Crippen molar-refractivity contribution in [1.82, 2.24) is 9.88 Å². The second-order valence-corrected chi connectivity index (χ2v) is 6.66. The molecule has 1 aliphatic heterocycles. The molecule has 1 fully saturated rings. The predicted molar refractivity (Wildman–Crippen MR) is 95.5 cm³/mol. The van der Waals surface area contributed by atoms with Gasteiger partial charge in [0.05, 0.1) is 0 Å². The zero-order valence-corrected chi connectivity index (χ0v) is 15.1. The van der Waals surface area contributed by atoms with Gasteiger partial charge in [-0.1, -0.05) is 33.8 Å². The van der Waals surface area contributed by atoms with Gasteiger partial charge in [0.2, 0.25) is 0 Å². The molecule has 2 heteroatoms. The minimum absolute atomic E-state index is 0.644. The van der Waals surface area contributed by atoms with Crippen LogP contribution in [0, 0.1) is 0 Å². The molecule has 2 heterocycles. The van der Waals surface area contributed by atoms with E-state index in [0.29, 0.717) is 5.92 Å². The smallest absolute Gasteiger partial charge is 0.0436 e. The van der Waals surface area contributed by atoms with E-state index in [1.165, 1.54) is 74.9 Å². The van der Waals surface area contributed by atoms with E-state index < -0.39 is 0 Å². The molecule has 1 aromatic heterocycles.